The first kappa shape index (κ1) is 15.2. The van der Waals surface area contributed by atoms with Crippen molar-refractivity contribution in [2.24, 2.45) is 17.8 Å². The van der Waals surface area contributed by atoms with Crippen LogP contribution in [0.3, 0.4) is 0 Å². The van der Waals surface area contributed by atoms with E-state index in [9.17, 15) is 4.79 Å². The number of amides is 1. The molecule has 0 spiro atoms. The van der Waals surface area contributed by atoms with Crippen molar-refractivity contribution in [2.45, 2.75) is 12.8 Å². The molecule has 0 unspecified atom stereocenters. The van der Waals surface area contributed by atoms with Crippen LogP contribution in [0.5, 0.6) is 0 Å². The predicted octanol–water partition coefficient (Wildman–Crippen LogP) is 1.89. The fraction of sp³-hybridized carbons (Fsp3) is 0.526. The van der Waals surface area contributed by atoms with Crippen molar-refractivity contribution < 1.29 is 9.69 Å². The molecule has 1 saturated heterocycles. The van der Waals surface area contributed by atoms with Crippen LogP contribution in [0.2, 0.25) is 5.02 Å². The molecular formula is C19H24ClN2O+. The van der Waals surface area contributed by atoms with Crippen molar-refractivity contribution in [3.63, 3.8) is 0 Å². The maximum Gasteiger partial charge on any atom is 0.254 e. The van der Waals surface area contributed by atoms with E-state index in [1.807, 2.05) is 23.1 Å². The van der Waals surface area contributed by atoms with Crippen LogP contribution in [0.1, 0.15) is 23.2 Å². The maximum absolute atomic E-state index is 12.6. The molecule has 1 heterocycles. The molecule has 23 heavy (non-hydrogen) atoms. The summed E-state index contributed by atoms with van der Waals surface area (Å²) in [5.41, 5.74) is 0.708. The largest absolute Gasteiger partial charge is 0.332 e. The van der Waals surface area contributed by atoms with E-state index in [2.05, 4.69) is 12.2 Å². The summed E-state index contributed by atoms with van der Waals surface area (Å²) in [6.07, 6.45) is 7.63. The number of hydrogen-bond acceptors (Lipinski definition) is 1. The second kappa shape index (κ2) is 6.29. The van der Waals surface area contributed by atoms with E-state index in [4.69, 9.17) is 11.6 Å². The lowest BCUT2D eigenvalue weighted by molar-refractivity contribution is -0.907. The van der Waals surface area contributed by atoms with Gasteiger partial charge in [0.1, 0.15) is 0 Å². The first-order valence-electron chi connectivity index (χ1n) is 8.76. The van der Waals surface area contributed by atoms with Crippen molar-refractivity contribution in [3.05, 3.63) is 47.0 Å². The lowest BCUT2D eigenvalue weighted by Gasteiger charge is -2.34. The zero-order chi connectivity index (χ0) is 15.8. The zero-order valence-corrected chi connectivity index (χ0v) is 14.1. The fourth-order valence-electron chi connectivity index (χ4n) is 4.53. The number of rotatable bonds is 3. The van der Waals surface area contributed by atoms with Crippen LogP contribution >= 0.6 is 11.6 Å². The molecule has 0 radical (unpaired) electrons. The lowest BCUT2D eigenvalue weighted by Crippen LogP contribution is -3.15. The van der Waals surface area contributed by atoms with Gasteiger partial charge in [-0.2, -0.15) is 0 Å². The Morgan fingerprint density at radius 3 is 2.70 bits per heavy atom. The molecular weight excluding hydrogens is 308 g/mol. The molecule has 1 N–H and O–H groups in total. The summed E-state index contributed by atoms with van der Waals surface area (Å²) in [5, 5.41) is 0.629. The Morgan fingerprint density at radius 1 is 1.22 bits per heavy atom. The molecule has 0 aromatic heterocycles. The average molecular weight is 332 g/mol. The van der Waals surface area contributed by atoms with Gasteiger partial charge in [0, 0.05) is 16.5 Å². The van der Waals surface area contributed by atoms with Gasteiger partial charge in [0.15, 0.2) is 0 Å². The number of piperazine rings is 1. The van der Waals surface area contributed by atoms with Gasteiger partial charge in [-0.3, -0.25) is 4.79 Å². The highest BCUT2D eigenvalue weighted by atomic mass is 35.5. The molecule has 3 atom stereocenters. The molecule has 4 heteroatoms. The van der Waals surface area contributed by atoms with Gasteiger partial charge in [-0.1, -0.05) is 29.8 Å². The number of carbonyl (C=O) groups excluding carboxylic acids is 1. The fourth-order valence-corrected chi connectivity index (χ4v) is 4.72. The molecule has 3 nitrogen and oxygen atoms in total. The van der Waals surface area contributed by atoms with Gasteiger partial charge in [-0.15, -0.1) is 0 Å². The summed E-state index contributed by atoms with van der Waals surface area (Å²) in [6.45, 7) is 5.15. The number of nitrogens with one attached hydrogen (secondary N) is 1. The topological polar surface area (TPSA) is 24.8 Å². The number of fused-ring (bicyclic) bond motifs is 2. The molecule has 1 aromatic rings. The minimum atomic E-state index is 0.120. The van der Waals surface area contributed by atoms with Crippen molar-refractivity contribution in [1.82, 2.24) is 4.90 Å². The molecule has 1 aliphatic heterocycles. The molecule has 1 amide bonds. The Morgan fingerprint density at radius 2 is 2.04 bits per heavy atom. The first-order valence-corrected chi connectivity index (χ1v) is 9.13. The van der Waals surface area contributed by atoms with E-state index < -0.39 is 0 Å². The smallest absolute Gasteiger partial charge is 0.254 e. The van der Waals surface area contributed by atoms with Crippen molar-refractivity contribution in [3.8, 4) is 0 Å². The Hall–Kier alpha value is -1.32. The Bertz CT molecular complexity index is 622. The zero-order valence-electron chi connectivity index (χ0n) is 13.4. The summed E-state index contributed by atoms with van der Waals surface area (Å²) < 4.78 is 0. The first-order chi connectivity index (χ1) is 11.2. The van der Waals surface area contributed by atoms with Crippen LogP contribution in [0.4, 0.5) is 0 Å². The van der Waals surface area contributed by atoms with Crippen LogP contribution in [0, 0.1) is 17.8 Å². The minimum absolute atomic E-state index is 0.120. The van der Waals surface area contributed by atoms with Crippen LogP contribution < -0.4 is 4.90 Å². The van der Waals surface area contributed by atoms with Gasteiger partial charge < -0.3 is 9.80 Å². The number of allylic oxidation sites excluding steroid dienone is 2. The third kappa shape index (κ3) is 3.17. The van der Waals surface area contributed by atoms with Gasteiger partial charge in [0.05, 0.1) is 32.7 Å². The van der Waals surface area contributed by atoms with E-state index in [-0.39, 0.29) is 5.91 Å². The monoisotopic (exact) mass is 331 g/mol. The molecule has 1 saturated carbocycles. The van der Waals surface area contributed by atoms with E-state index in [1.54, 1.807) is 11.0 Å². The van der Waals surface area contributed by atoms with E-state index in [0.717, 1.165) is 43.9 Å². The van der Waals surface area contributed by atoms with Crippen LogP contribution in [-0.2, 0) is 0 Å². The van der Waals surface area contributed by atoms with E-state index in [1.165, 1.54) is 19.4 Å². The predicted molar refractivity (Wildman–Crippen MR) is 91.8 cm³/mol. The number of halogens is 1. The van der Waals surface area contributed by atoms with Crippen molar-refractivity contribution in [2.75, 3.05) is 32.7 Å². The van der Waals surface area contributed by atoms with Crippen LogP contribution in [-0.4, -0.2) is 43.5 Å². The Labute approximate surface area is 142 Å². The number of nitrogens with zero attached hydrogens (tertiary/aromatic N) is 1. The quantitative estimate of drug-likeness (QED) is 0.841. The SMILES string of the molecule is O=C(c1cccc(Cl)c1)N1CC[NH+](C[C@H]2C[C@H]3C=C[C@H]2C3)CC1. The molecule has 1 aromatic carbocycles. The molecule has 2 aliphatic carbocycles. The maximum atomic E-state index is 12.6. The lowest BCUT2D eigenvalue weighted by atomic mass is 9.93. The highest BCUT2D eigenvalue weighted by molar-refractivity contribution is 6.30. The summed E-state index contributed by atoms with van der Waals surface area (Å²) in [6, 6.07) is 7.28. The van der Waals surface area contributed by atoms with Gasteiger partial charge >= 0.3 is 0 Å². The third-order valence-corrected chi connectivity index (χ3v) is 6.03. The van der Waals surface area contributed by atoms with E-state index in [0.29, 0.717) is 10.6 Å². The minimum Gasteiger partial charge on any atom is -0.332 e. The molecule has 3 aliphatic rings. The molecule has 4 rings (SSSR count). The van der Waals surface area contributed by atoms with Crippen molar-refractivity contribution >= 4 is 17.5 Å². The Balaban J connectivity index is 1.30. The van der Waals surface area contributed by atoms with Gasteiger partial charge in [0.25, 0.3) is 5.91 Å². The molecule has 2 bridgehead atoms. The van der Waals surface area contributed by atoms with Gasteiger partial charge in [-0.05, 0) is 42.9 Å². The number of hydrogen-bond donors (Lipinski definition) is 1. The summed E-state index contributed by atoms with van der Waals surface area (Å²) in [5.74, 6) is 2.68. The number of carbonyl (C=O) groups is 1. The standard InChI is InChI=1S/C19H23ClN2O/c20-18-3-1-2-16(12-18)19(23)22-8-6-21(7-9-22)13-17-11-14-4-5-15(17)10-14/h1-5,12,14-15,17H,6-11,13H2/p+1/t14-,15-,17+/m0/s1. The van der Waals surface area contributed by atoms with Crippen LogP contribution in [0.15, 0.2) is 36.4 Å². The second-order valence-corrected chi connectivity index (χ2v) is 7.73. The highest BCUT2D eigenvalue weighted by Gasteiger charge is 2.38. The average Bonchev–Trinajstić information content (AvgIpc) is 3.18. The van der Waals surface area contributed by atoms with E-state index >= 15 is 0 Å². The molecule has 122 valence electrons. The Kier molecular flexibility index (Phi) is 4.16. The van der Waals surface area contributed by atoms with Gasteiger partial charge in [0.2, 0.25) is 0 Å². The normalized spacial score (nSPS) is 30.1. The number of benzene rings is 1. The van der Waals surface area contributed by atoms with Gasteiger partial charge in [-0.25, -0.2) is 0 Å². The van der Waals surface area contributed by atoms with Crippen LogP contribution in [0.25, 0.3) is 0 Å². The second-order valence-electron chi connectivity index (χ2n) is 7.30. The number of quaternary nitrogens is 1. The summed E-state index contributed by atoms with van der Waals surface area (Å²) >= 11 is 6.00. The molecule has 2 fully saturated rings. The van der Waals surface area contributed by atoms with Crippen molar-refractivity contribution in [1.29, 1.82) is 0 Å². The summed E-state index contributed by atoms with van der Waals surface area (Å²) in [4.78, 5) is 16.2. The summed E-state index contributed by atoms with van der Waals surface area (Å²) in [7, 11) is 0. The third-order valence-electron chi connectivity index (χ3n) is 5.80. The highest BCUT2D eigenvalue weighted by Crippen LogP contribution is 2.42.